The highest BCUT2D eigenvalue weighted by Gasteiger charge is 2.46. The zero-order chi connectivity index (χ0) is 19.6. The van der Waals surface area contributed by atoms with E-state index in [0.29, 0.717) is 0 Å². The van der Waals surface area contributed by atoms with E-state index in [1.165, 1.54) is 7.11 Å². The summed E-state index contributed by atoms with van der Waals surface area (Å²) in [5.41, 5.74) is -1.18. The normalized spacial score (nSPS) is 23.4. The summed E-state index contributed by atoms with van der Waals surface area (Å²) in [4.78, 5) is 24.3. The lowest BCUT2D eigenvalue weighted by Gasteiger charge is -2.36. The van der Waals surface area contributed by atoms with Gasteiger partial charge in [0.15, 0.2) is 0 Å². The molecule has 3 atom stereocenters. The Morgan fingerprint density at radius 3 is 2.23 bits per heavy atom. The van der Waals surface area contributed by atoms with Crippen LogP contribution in [-0.2, 0) is 14.3 Å². The van der Waals surface area contributed by atoms with Crippen LogP contribution in [0.2, 0.25) is 0 Å². The number of rotatable bonds is 4. The van der Waals surface area contributed by atoms with Gasteiger partial charge in [-0.2, -0.15) is 0 Å². The van der Waals surface area contributed by atoms with E-state index in [-0.39, 0.29) is 24.4 Å². The highest BCUT2D eigenvalue weighted by molar-refractivity contribution is 5.82. The van der Waals surface area contributed by atoms with Crippen LogP contribution in [0.15, 0.2) is 12.1 Å². The fourth-order valence-electron chi connectivity index (χ4n) is 3.20. The number of hydrogen-bond donors (Lipinski definition) is 2. The molecule has 0 spiro atoms. The molecule has 1 saturated heterocycles. The molecule has 1 aromatic carbocycles. The first-order chi connectivity index (χ1) is 12.0. The quantitative estimate of drug-likeness (QED) is 0.790. The number of piperidine rings is 1. The molecule has 0 aliphatic carbocycles. The lowest BCUT2D eigenvalue weighted by Crippen LogP contribution is -2.50. The largest absolute Gasteiger partial charge is 0.497 e. The monoisotopic (exact) mass is 371 g/mol. The van der Waals surface area contributed by atoms with Crippen molar-refractivity contribution < 1.29 is 33.0 Å². The SMILES string of the molecule is COc1cc(F)c(C2CNCC(C(=O)OC(C)(C)C)C2C(=O)O)c(F)c1. The number of halogens is 2. The summed E-state index contributed by atoms with van der Waals surface area (Å²) in [7, 11) is 1.27. The minimum atomic E-state index is -1.32. The molecule has 0 saturated carbocycles. The molecule has 0 radical (unpaired) electrons. The van der Waals surface area contributed by atoms with Gasteiger partial charge in [0.25, 0.3) is 0 Å². The van der Waals surface area contributed by atoms with Gasteiger partial charge in [0.1, 0.15) is 23.0 Å². The summed E-state index contributed by atoms with van der Waals surface area (Å²) < 4.78 is 39.0. The minimum absolute atomic E-state index is 0.0110. The summed E-state index contributed by atoms with van der Waals surface area (Å²) in [6.07, 6.45) is 0. The lowest BCUT2D eigenvalue weighted by atomic mass is 9.74. The third-order valence-corrected chi connectivity index (χ3v) is 4.25. The molecule has 144 valence electrons. The average molecular weight is 371 g/mol. The number of ether oxygens (including phenoxy) is 2. The summed E-state index contributed by atoms with van der Waals surface area (Å²) >= 11 is 0. The molecule has 1 aliphatic rings. The van der Waals surface area contributed by atoms with E-state index >= 15 is 0 Å². The molecule has 6 nitrogen and oxygen atoms in total. The van der Waals surface area contributed by atoms with E-state index in [4.69, 9.17) is 9.47 Å². The van der Waals surface area contributed by atoms with Crippen molar-refractivity contribution in [3.05, 3.63) is 29.3 Å². The van der Waals surface area contributed by atoms with Gasteiger partial charge >= 0.3 is 11.9 Å². The molecule has 3 unspecified atom stereocenters. The van der Waals surface area contributed by atoms with Gasteiger partial charge in [0, 0.05) is 36.7 Å². The first kappa shape index (κ1) is 20.1. The average Bonchev–Trinajstić information content (AvgIpc) is 2.51. The van der Waals surface area contributed by atoms with Crippen LogP contribution in [0.4, 0.5) is 8.78 Å². The van der Waals surface area contributed by atoms with Gasteiger partial charge in [-0.1, -0.05) is 0 Å². The van der Waals surface area contributed by atoms with Crippen molar-refractivity contribution in [2.45, 2.75) is 32.3 Å². The topological polar surface area (TPSA) is 84.9 Å². The van der Waals surface area contributed by atoms with Gasteiger partial charge in [0.2, 0.25) is 0 Å². The van der Waals surface area contributed by atoms with E-state index < -0.39 is 46.9 Å². The molecule has 1 aromatic rings. The highest BCUT2D eigenvalue weighted by atomic mass is 19.1. The molecule has 0 bridgehead atoms. The predicted octanol–water partition coefficient (Wildman–Crippen LogP) is 2.32. The van der Waals surface area contributed by atoms with Gasteiger partial charge in [-0.15, -0.1) is 0 Å². The zero-order valence-corrected chi connectivity index (χ0v) is 15.1. The zero-order valence-electron chi connectivity index (χ0n) is 15.1. The molecule has 0 aromatic heterocycles. The summed E-state index contributed by atoms with van der Waals surface area (Å²) in [6, 6.07) is 1.99. The molecule has 1 aliphatic heterocycles. The van der Waals surface area contributed by atoms with Crippen molar-refractivity contribution in [1.29, 1.82) is 0 Å². The van der Waals surface area contributed by atoms with Crippen molar-refractivity contribution >= 4 is 11.9 Å². The Hall–Kier alpha value is -2.22. The number of nitrogens with one attached hydrogen (secondary N) is 1. The standard InChI is InChI=1S/C18H23F2NO5/c1-18(2,3)26-17(24)11-8-21-7-10(14(11)16(22)23)15-12(19)5-9(25-4)6-13(15)20/h5-6,10-11,14,21H,7-8H2,1-4H3,(H,22,23). The highest BCUT2D eigenvalue weighted by Crippen LogP contribution is 2.38. The predicted molar refractivity (Wildman–Crippen MR) is 89.0 cm³/mol. The fourth-order valence-corrected chi connectivity index (χ4v) is 3.20. The van der Waals surface area contributed by atoms with Crippen LogP contribution in [0.5, 0.6) is 5.75 Å². The van der Waals surface area contributed by atoms with E-state index in [9.17, 15) is 23.5 Å². The fraction of sp³-hybridized carbons (Fsp3) is 0.556. The van der Waals surface area contributed by atoms with E-state index in [2.05, 4.69) is 5.32 Å². The third kappa shape index (κ3) is 4.30. The Morgan fingerprint density at radius 1 is 1.19 bits per heavy atom. The van der Waals surface area contributed by atoms with E-state index in [1.807, 2.05) is 0 Å². The van der Waals surface area contributed by atoms with Gasteiger partial charge in [-0.05, 0) is 20.8 Å². The number of esters is 1. The van der Waals surface area contributed by atoms with Crippen LogP contribution in [-0.4, -0.2) is 42.8 Å². The first-order valence-electron chi connectivity index (χ1n) is 8.24. The van der Waals surface area contributed by atoms with Crippen LogP contribution >= 0.6 is 0 Å². The molecule has 0 amide bonds. The van der Waals surface area contributed by atoms with Crippen LogP contribution in [0, 0.1) is 23.5 Å². The number of benzene rings is 1. The summed E-state index contributed by atoms with van der Waals surface area (Å²) in [5, 5.41) is 12.6. The van der Waals surface area contributed by atoms with E-state index in [1.54, 1.807) is 20.8 Å². The number of carbonyl (C=O) groups is 2. The van der Waals surface area contributed by atoms with Crippen molar-refractivity contribution in [2.24, 2.45) is 11.8 Å². The number of methoxy groups -OCH3 is 1. The Balaban J connectivity index is 2.42. The number of carboxylic acid groups (broad SMARTS) is 1. The molecule has 8 heteroatoms. The molecular formula is C18H23F2NO5. The number of aliphatic carboxylic acids is 1. The smallest absolute Gasteiger partial charge is 0.311 e. The molecule has 2 N–H and O–H groups in total. The maximum atomic E-state index is 14.5. The van der Waals surface area contributed by atoms with Crippen LogP contribution < -0.4 is 10.1 Å². The second-order valence-corrected chi connectivity index (χ2v) is 7.27. The molecule has 2 rings (SSSR count). The van der Waals surface area contributed by atoms with Crippen LogP contribution in [0.1, 0.15) is 32.3 Å². The van der Waals surface area contributed by atoms with Gasteiger partial charge in [-0.25, -0.2) is 8.78 Å². The van der Waals surface area contributed by atoms with Crippen molar-refractivity contribution in [3.8, 4) is 5.75 Å². The Bertz CT molecular complexity index is 678. The summed E-state index contributed by atoms with van der Waals surface area (Å²) in [5.74, 6) is -7.30. The molecular weight excluding hydrogens is 348 g/mol. The Labute approximate surface area is 150 Å². The molecule has 1 heterocycles. The van der Waals surface area contributed by atoms with Gasteiger partial charge in [-0.3, -0.25) is 9.59 Å². The molecule has 26 heavy (non-hydrogen) atoms. The van der Waals surface area contributed by atoms with Crippen LogP contribution in [0.3, 0.4) is 0 Å². The van der Waals surface area contributed by atoms with Crippen molar-refractivity contribution in [1.82, 2.24) is 5.32 Å². The number of hydrogen-bond acceptors (Lipinski definition) is 5. The Morgan fingerprint density at radius 2 is 1.77 bits per heavy atom. The molecule has 1 fully saturated rings. The first-order valence-corrected chi connectivity index (χ1v) is 8.24. The second kappa shape index (κ2) is 7.57. The summed E-state index contributed by atoms with van der Waals surface area (Å²) in [6.45, 7) is 5.07. The number of carbonyl (C=O) groups excluding carboxylic acids is 1. The number of carboxylic acids is 1. The van der Waals surface area contributed by atoms with Gasteiger partial charge in [0.05, 0.1) is 18.9 Å². The third-order valence-electron chi connectivity index (χ3n) is 4.25. The van der Waals surface area contributed by atoms with E-state index in [0.717, 1.165) is 12.1 Å². The minimum Gasteiger partial charge on any atom is -0.497 e. The lowest BCUT2D eigenvalue weighted by molar-refractivity contribution is -0.168. The van der Waals surface area contributed by atoms with Gasteiger partial charge < -0.3 is 19.9 Å². The van der Waals surface area contributed by atoms with Crippen molar-refractivity contribution in [3.63, 3.8) is 0 Å². The maximum absolute atomic E-state index is 14.5. The Kier molecular flexibility index (Phi) is 5.85. The van der Waals surface area contributed by atoms with Crippen molar-refractivity contribution in [2.75, 3.05) is 20.2 Å². The van der Waals surface area contributed by atoms with Crippen LogP contribution in [0.25, 0.3) is 0 Å². The second-order valence-electron chi connectivity index (χ2n) is 7.27. The maximum Gasteiger partial charge on any atom is 0.311 e.